The Morgan fingerprint density at radius 3 is 1.66 bits per heavy atom. The van der Waals surface area contributed by atoms with E-state index >= 15 is 0 Å². The average molecular weight is 529 g/mol. The Labute approximate surface area is 212 Å². The normalized spacial score (nSPS) is 14.8. The summed E-state index contributed by atoms with van der Waals surface area (Å²) in [4.78, 5) is 12.5. The van der Waals surface area contributed by atoms with Crippen molar-refractivity contribution in [2.75, 3.05) is 5.73 Å². The van der Waals surface area contributed by atoms with E-state index in [2.05, 4.69) is 0 Å². The summed E-state index contributed by atoms with van der Waals surface area (Å²) in [6.45, 7) is 0. The van der Waals surface area contributed by atoms with Gasteiger partial charge in [-0.2, -0.15) is 26.3 Å². The van der Waals surface area contributed by atoms with Crippen molar-refractivity contribution >= 4 is 11.7 Å². The van der Waals surface area contributed by atoms with E-state index in [9.17, 15) is 31.1 Å². The molecule has 2 aliphatic rings. The van der Waals surface area contributed by atoms with E-state index in [0.29, 0.717) is 5.56 Å². The molecule has 0 amide bonds. The highest BCUT2D eigenvalue weighted by Gasteiger charge is 2.49. The van der Waals surface area contributed by atoms with Crippen LogP contribution in [0, 0.1) is 0 Å². The van der Waals surface area contributed by atoms with Crippen LogP contribution in [0.25, 0.3) is 0 Å². The van der Waals surface area contributed by atoms with Crippen LogP contribution in [0.5, 0.6) is 11.5 Å². The molecular weight excluding hydrogens is 512 g/mol. The molecule has 2 heterocycles. The maximum absolute atomic E-state index is 13.0. The van der Waals surface area contributed by atoms with Crippen LogP contribution in [0.3, 0.4) is 0 Å². The number of fused-ring (bicyclic) bond motifs is 2. The number of hydrogen-bond acceptors (Lipinski definition) is 4. The molecule has 0 saturated carbocycles. The topological polar surface area (TPSA) is 64.8 Å². The molecule has 38 heavy (non-hydrogen) atoms. The standard InChI is InChI=1S/C22H12F6O2.C6H5NO/c23-21(24,25)15-9-5-13(6-10-15)20(14-7-11-16(12-8-14)22(26,27)28)18-4-2-1-3-17(18)19(29)30-20;7-4-1-2-5-6(3-4)8-5/h1-12H;1-3H,7H2. The van der Waals surface area contributed by atoms with Crippen molar-refractivity contribution in [3.05, 3.63) is 124 Å². The van der Waals surface area contributed by atoms with Gasteiger partial charge in [0.1, 0.15) is 0 Å². The summed E-state index contributed by atoms with van der Waals surface area (Å²) in [6.07, 6.45) is -9.13. The molecule has 0 aromatic heterocycles. The van der Waals surface area contributed by atoms with Crippen LogP contribution in [0.2, 0.25) is 0 Å². The zero-order valence-corrected chi connectivity index (χ0v) is 19.2. The lowest BCUT2D eigenvalue weighted by molar-refractivity contribution is -0.138. The minimum atomic E-state index is -4.57. The van der Waals surface area contributed by atoms with E-state index in [1.807, 2.05) is 18.2 Å². The Balaban J connectivity index is 0.000000310. The number of carbonyl (C=O) groups excluding carboxylic acids is 1. The fourth-order valence-electron chi connectivity index (χ4n) is 4.28. The molecule has 4 nitrogen and oxygen atoms in total. The highest BCUT2D eigenvalue weighted by Crippen LogP contribution is 2.48. The van der Waals surface area contributed by atoms with Crippen molar-refractivity contribution in [1.29, 1.82) is 0 Å². The number of alkyl halides is 6. The molecule has 194 valence electrons. The van der Waals surface area contributed by atoms with Gasteiger partial charge in [-0.25, -0.2) is 4.79 Å². The highest BCUT2D eigenvalue weighted by atomic mass is 19.4. The number of cyclic esters (lactones) is 1. The summed E-state index contributed by atoms with van der Waals surface area (Å²) in [5.41, 5.74) is 3.63. The van der Waals surface area contributed by atoms with Gasteiger partial charge in [-0.3, -0.25) is 0 Å². The SMILES string of the molecule is Nc1ccc2c(c1)O2.O=C1OC(c2ccc(C(F)(F)F)cc2)(c2ccc(C(F)(F)F)cc2)c2ccccc21. The van der Waals surface area contributed by atoms with E-state index in [1.165, 1.54) is 6.07 Å². The van der Waals surface area contributed by atoms with Crippen molar-refractivity contribution in [1.82, 2.24) is 0 Å². The van der Waals surface area contributed by atoms with Gasteiger partial charge in [-0.1, -0.05) is 42.5 Å². The van der Waals surface area contributed by atoms with E-state index in [4.69, 9.17) is 15.2 Å². The second-order valence-electron chi connectivity index (χ2n) is 8.57. The largest absolute Gasteiger partial charge is 0.449 e. The molecule has 2 aliphatic heterocycles. The van der Waals surface area contributed by atoms with Crippen molar-refractivity contribution in [3.8, 4) is 11.5 Å². The lowest BCUT2D eigenvalue weighted by Crippen LogP contribution is -2.29. The molecule has 4 aromatic rings. The number of carbonyl (C=O) groups is 1. The number of benzene rings is 4. The summed E-state index contributed by atoms with van der Waals surface area (Å²) in [6, 6.07) is 19.8. The third kappa shape index (κ3) is 4.53. The second kappa shape index (κ2) is 8.83. The Morgan fingerprint density at radius 2 is 1.18 bits per heavy atom. The van der Waals surface area contributed by atoms with Crippen molar-refractivity contribution < 1.29 is 40.6 Å². The Bertz CT molecular complexity index is 1450. The summed E-state index contributed by atoms with van der Waals surface area (Å²) in [5, 5.41) is 0. The molecule has 0 saturated heterocycles. The number of hydrogen-bond donors (Lipinski definition) is 1. The predicted octanol–water partition coefficient (Wildman–Crippen LogP) is 7.56. The lowest BCUT2D eigenvalue weighted by Gasteiger charge is -2.30. The van der Waals surface area contributed by atoms with Crippen molar-refractivity contribution in [2.45, 2.75) is 18.0 Å². The van der Waals surface area contributed by atoms with Crippen molar-refractivity contribution in [2.24, 2.45) is 0 Å². The van der Waals surface area contributed by atoms with E-state index in [1.54, 1.807) is 18.2 Å². The Kier molecular flexibility index (Phi) is 5.85. The Hall–Kier alpha value is -4.47. The van der Waals surface area contributed by atoms with Crippen LogP contribution >= 0.6 is 0 Å². The molecule has 0 atom stereocenters. The smallest absolute Gasteiger partial charge is 0.416 e. The highest BCUT2D eigenvalue weighted by molar-refractivity contribution is 5.96. The quantitative estimate of drug-likeness (QED) is 0.111. The zero-order valence-electron chi connectivity index (χ0n) is 19.2. The fraction of sp³-hybridized carbons (Fsp3) is 0.107. The van der Waals surface area contributed by atoms with Crippen LogP contribution in [0.15, 0.2) is 91.0 Å². The monoisotopic (exact) mass is 529 g/mol. The number of nitrogens with two attached hydrogens (primary N) is 1. The molecule has 6 rings (SSSR count). The van der Waals surface area contributed by atoms with Gasteiger partial charge in [0, 0.05) is 28.4 Å². The minimum absolute atomic E-state index is 0.188. The van der Waals surface area contributed by atoms with Crippen molar-refractivity contribution in [3.63, 3.8) is 0 Å². The molecule has 0 radical (unpaired) electrons. The number of rotatable bonds is 2. The molecule has 0 fully saturated rings. The van der Waals surface area contributed by atoms with Gasteiger partial charge >= 0.3 is 18.3 Å². The van der Waals surface area contributed by atoms with E-state index in [0.717, 1.165) is 65.7 Å². The summed E-state index contributed by atoms with van der Waals surface area (Å²) >= 11 is 0. The van der Waals surface area contributed by atoms with Gasteiger partial charge < -0.3 is 15.2 Å². The molecule has 10 heteroatoms. The fourth-order valence-corrected chi connectivity index (χ4v) is 4.28. The van der Waals surface area contributed by atoms with Gasteiger partial charge in [0.15, 0.2) is 17.1 Å². The maximum Gasteiger partial charge on any atom is 0.416 e. The number of anilines is 1. The number of halogens is 6. The van der Waals surface area contributed by atoms with Crippen LogP contribution in [-0.2, 0) is 22.7 Å². The van der Waals surface area contributed by atoms with Gasteiger partial charge in [0.25, 0.3) is 0 Å². The maximum atomic E-state index is 13.0. The molecule has 0 bridgehead atoms. The molecule has 4 aromatic carbocycles. The van der Waals surface area contributed by atoms with Crippen LogP contribution in [-0.4, -0.2) is 5.97 Å². The predicted molar refractivity (Wildman–Crippen MR) is 126 cm³/mol. The van der Waals surface area contributed by atoms with Crippen LogP contribution < -0.4 is 10.5 Å². The summed E-state index contributed by atoms with van der Waals surface area (Å²) in [7, 11) is 0. The first-order valence-corrected chi connectivity index (χ1v) is 11.2. The molecule has 0 spiro atoms. The van der Waals surface area contributed by atoms with Gasteiger partial charge in [-0.15, -0.1) is 0 Å². The van der Waals surface area contributed by atoms with Crippen LogP contribution in [0.1, 0.15) is 38.2 Å². The van der Waals surface area contributed by atoms with Gasteiger partial charge in [0.2, 0.25) is 0 Å². The molecule has 0 aliphatic carbocycles. The Morgan fingerprint density at radius 1 is 0.658 bits per heavy atom. The van der Waals surface area contributed by atoms with Gasteiger partial charge in [-0.05, 0) is 42.5 Å². The zero-order chi connectivity index (χ0) is 27.3. The number of esters is 1. The first-order chi connectivity index (χ1) is 17.9. The number of ether oxygens (including phenoxy) is 2. The van der Waals surface area contributed by atoms with Gasteiger partial charge in [0.05, 0.1) is 16.7 Å². The van der Waals surface area contributed by atoms with E-state index in [-0.39, 0.29) is 16.7 Å². The molecular formula is C28H17F6NO3. The second-order valence-corrected chi connectivity index (χ2v) is 8.57. The molecule has 0 unspecified atom stereocenters. The third-order valence-corrected chi connectivity index (χ3v) is 6.16. The molecule has 2 N–H and O–H groups in total. The number of nitrogen functional groups attached to an aromatic ring is 1. The third-order valence-electron chi connectivity index (χ3n) is 6.16. The van der Waals surface area contributed by atoms with E-state index < -0.39 is 35.0 Å². The lowest BCUT2D eigenvalue weighted by atomic mass is 9.79. The van der Waals surface area contributed by atoms with Crippen LogP contribution in [0.4, 0.5) is 32.0 Å². The average Bonchev–Trinajstić information content (AvgIpc) is 3.59. The summed E-state index contributed by atoms with van der Waals surface area (Å²) < 4.78 is 88.5. The first-order valence-electron chi connectivity index (χ1n) is 11.2. The summed E-state index contributed by atoms with van der Waals surface area (Å²) in [5.74, 6) is 1.16. The minimum Gasteiger partial charge on any atom is -0.449 e. The first kappa shape index (κ1) is 25.2.